The van der Waals surface area contributed by atoms with E-state index in [1.54, 1.807) is 0 Å². The monoisotopic (exact) mass is 605 g/mol. The third-order valence-corrected chi connectivity index (χ3v) is 9.90. The third-order valence-electron chi connectivity index (χ3n) is 8.64. The van der Waals surface area contributed by atoms with E-state index >= 15 is 0 Å². The molecular weight excluding hydrogens is 579 g/mol. The van der Waals surface area contributed by atoms with Crippen LogP contribution in [0.3, 0.4) is 0 Å². The third kappa shape index (κ3) is 4.42. The number of fused-ring (bicyclic) bond motifs is 5. The minimum atomic E-state index is 0.734. The fourth-order valence-electron chi connectivity index (χ4n) is 6.45. The highest BCUT2D eigenvalue weighted by atomic mass is 32.1. The molecule has 0 saturated heterocycles. The van der Waals surface area contributed by atoms with Gasteiger partial charge in [-0.05, 0) is 41.5 Å². The smallest absolute Gasteiger partial charge is 0.161 e. The Bertz CT molecular complexity index is 2440. The molecule has 6 aromatic carbocycles. The molecule has 0 unspecified atom stereocenters. The molecule has 216 valence electrons. The molecule has 9 aromatic rings. The van der Waals surface area contributed by atoms with Gasteiger partial charge in [-0.15, -0.1) is 11.3 Å². The van der Waals surface area contributed by atoms with Crippen LogP contribution in [0.4, 0.5) is 0 Å². The fourth-order valence-corrected chi connectivity index (χ4v) is 7.78. The van der Waals surface area contributed by atoms with Crippen molar-refractivity contribution in [3.63, 3.8) is 0 Å². The molecule has 0 saturated carbocycles. The van der Waals surface area contributed by atoms with Crippen LogP contribution >= 0.6 is 11.3 Å². The summed E-state index contributed by atoms with van der Waals surface area (Å²) in [5.74, 6) is 0.734. The van der Waals surface area contributed by atoms with Gasteiger partial charge in [0.1, 0.15) is 0 Å². The average molecular weight is 606 g/mol. The molecule has 4 heteroatoms. The predicted octanol–water partition coefficient (Wildman–Crippen LogP) is 11.5. The van der Waals surface area contributed by atoms with E-state index in [0.717, 1.165) is 39.6 Å². The molecule has 0 aliphatic carbocycles. The predicted molar refractivity (Wildman–Crippen MR) is 193 cm³/mol. The Morgan fingerprint density at radius 1 is 0.435 bits per heavy atom. The second kappa shape index (κ2) is 11.0. The van der Waals surface area contributed by atoms with E-state index in [4.69, 9.17) is 9.97 Å². The van der Waals surface area contributed by atoms with Gasteiger partial charge < -0.3 is 4.57 Å². The number of aromatic nitrogens is 3. The van der Waals surface area contributed by atoms with Gasteiger partial charge in [-0.1, -0.05) is 133 Å². The van der Waals surface area contributed by atoms with Crippen molar-refractivity contribution in [3.8, 4) is 50.7 Å². The van der Waals surface area contributed by atoms with Gasteiger partial charge in [0.2, 0.25) is 0 Å². The van der Waals surface area contributed by atoms with Crippen molar-refractivity contribution in [1.82, 2.24) is 14.5 Å². The fraction of sp³-hybridized carbons (Fsp3) is 0. The van der Waals surface area contributed by atoms with Crippen LogP contribution in [0.1, 0.15) is 0 Å². The number of hydrogen-bond acceptors (Lipinski definition) is 3. The summed E-state index contributed by atoms with van der Waals surface area (Å²) in [5, 5.41) is 2.46. The van der Waals surface area contributed by atoms with Gasteiger partial charge in [-0.2, -0.15) is 0 Å². The summed E-state index contributed by atoms with van der Waals surface area (Å²) in [4.78, 5) is 10.3. The van der Waals surface area contributed by atoms with E-state index in [0.29, 0.717) is 0 Å². The first-order valence-corrected chi connectivity index (χ1v) is 16.2. The molecule has 0 fully saturated rings. The van der Waals surface area contributed by atoms with E-state index in [2.05, 4.69) is 156 Å². The molecule has 0 aliphatic heterocycles. The first-order valence-electron chi connectivity index (χ1n) is 15.4. The highest BCUT2D eigenvalue weighted by Crippen LogP contribution is 2.45. The van der Waals surface area contributed by atoms with Gasteiger partial charge in [0, 0.05) is 37.9 Å². The molecule has 3 aromatic heterocycles. The molecule has 0 aliphatic rings. The SMILES string of the molecule is c1ccc(-c2ccc(-n3c4ccccc4c4sc5c(-c6nc(-c7ccccc7)cc(-c7ccccc7)n6)cccc5c43)cc2)cc1. The van der Waals surface area contributed by atoms with Crippen LogP contribution in [0.25, 0.3) is 81.9 Å². The summed E-state index contributed by atoms with van der Waals surface area (Å²) >= 11 is 1.83. The maximum atomic E-state index is 5.17. The Morgan fingerprint density at radius 3 is 1.63 bits per heavy atom. The Balaban J connectivity index is 1.27. The van der Waals surface area contributed by atoms with E-state index in [1.165, 1.54) is 42.3 Å². The minimum absolute atomic E-state index is 0.734. The van der Waals surface area contributed by atoms with Crippen LogP contribution in [0.2, 0.25) is 0 Å². The number of thiophene rings is 1. The summed E-state index contributed by atoms with van der Waals surface area (Å²) in [7, 11) is 0. The van der Waals surface area contributed by atoms with Crippen LogP contribution in [-0.4, -0.2) is 14.5 Å². The van der Waals surface area contributed by atoms with Gasteiger partial charge in [-0.3, -0.25) is 0 Å². The molecule has 0 radical (unpaired) electrons. The average Bonchev–Trinajstić information content (AvgIpc) is 3.68. The van der Waals surface area contributed by atoms with Crippen LogP contribution in [0.15, 0.2) is 164 Å². The molecule has 3 heterocycles. The van der Waals surface area contributed by atoms with Crippen LogP contribution < -0.4 is 0 Å². The summed E-state index contributed by atoms with van der Waals surface area (Å²) < 4.78 is 4.88. The van der Waals surface area contributed by atoms with E-state index in [9.17, 15) is 0 Å². The zero-order valence-corrected chi connectivity index (χ0v) is 25.7. The number of benzene rings is 6. The molecule has 0 bridgehead atoms. The Hall–Kier alpha value is -5.84. The van der Waals surface area contributed by atoms with Crippen molar-refractivity contribution in [3.05, 3.63) is 164 Å². The van der Waals surface area contributed by atoms with Crippen molar-refractivity contribution in [1.29, 1.82) is 0 Å². The maximum absolute atomic E-state index is 5.17. The standard InChI is InChI=1S/C42H27N3S/c1-4-13-28(14-5-1)29-23-25-32(26-24-29)45-38-22-11-10-19-33(38)41-39(45)34-20-12-21-35(40(34)46-41)42-43-36(30-15-6-2-7-16-30)27-37(44-42)31-17-8-3-9-18-31/h1-27H. The molecule has 0 amide bonds. The summed E-state index contributed by atoms with van der Waals surface area (Å²) in [5.41, 5.74) is 11.0. The Morgan fingerprint density at radius 2 is 0.978 bits per heavy atom. The molecule has 46 heavy (non-hydrogen) atoms. The normalized spacial score (nSPS) is 11.5. The molecule has 0 spiro atoms. The van der Waals surface area contributed by atoms with Crippen molar-refractivity contribution in [2.75, 3.05) is 0 Å². The second-order valence-corrected chi connectivity index (χ2v) is 12.4. The summed E-state index contributed by atoms with van der Waals surface area (Å²) in [6.45, 7) is 0. The van der Waals surface area contributed by atoms with E-state index < -0.39 is 0 Å². The number of rotatable bonds is 5. The van der Waals surface area contributed by atoms with E-state index in [1.807, 2.05) is 23.5 Å². The Labute approximate surface area is 270 Å². The molecule has 9 rings (SSSR count). The lowest BCUT2D eigenvalue weighted by Crippen LogP contribution is -1.96. The Kier molecular flexibility index (Phi) is 6.32. The van der Waals surface area contributed by atoms with Crippen molar-refractivity contribution in [2.45, 2.75) is 0 Å². The topological polar surface area (TPSA) is 30.7 Å². The van der Waals surface area contributed by atoms with Gasteiger partial charge in [-0.25, -0.2) is 9.97 Å². The van der Waals surface area contributed by atoms with Crippen molar-refractivity contribution < 1.29 is 0 Å². The zero-order chi connectivity index (χ0) is 30.5. The number of para-hydroxylation sites is 1. The first-order chi connectivity index (χ1) is 22.8. The van der Waals surface area contributed by atoms with E-state index in [-0.39, 0.29) is 0 Å². The zero-order valence-electron chi connectivity index (χ0n) is 24.8. The van der Waals surface area contributed by atoms with Gasteiger partial charge in [0.25, 0.3) is 0 Å². The van der Waals surface area contributed by atoms with Crippen molar-refractivity contribution >= 4 is 42.5 Å². The molecule has 3 nitrogen and oxygen atoms in total. The first kappa shape index (κ1) is 26.6. The molecule has 0 N–H and O–H groups in total. The largest absolute Gasteiger partial charge is 0.308 e. The maximum Gasteiger partial charge on any atom is 0.161 e. The van der Waals surface area contributed by atoms with Crippen molar-refractivity contribution in [2.24, 2.45) is 0 Å². The lowest BCUT2D eigenvalue weighted by molar-refractivity contribution is 1.18. The van der Waals surface area contributed by atoms with Gasteiger partial charge in [0.15, 0.2) is 5.82 Å². The molecule has 0 atom stereocenters. The van der Waals surface area contributed by atoms with Crippen LogP contribution in [-0.2, 0) is 0 Å². The summed E-state index contributed by atoms with van der Waals surface area (Å²) in [6, 6.07) is 57.6. The van der Waals surface area contributed by atoms with Crippen LogP contribution in [0, 0.1) is 0 Å². The minimum Gasteiger partial charge on any atom is -0.308 e. The number of hydrogen-bond donors (Lipinski definition) is 0. The van der Waals surface area contributed by atoms with Gasteiger partial charge in [0.05, 0.1) is 27.1 Å². The molecular formula is C42H27N3S. The lowest BCUT2D eigenvalue weighted by atomic mass is 10.1. The number of nitrogens with zero attached hydrogens (tertiary/aromatic N) is 3. The highest BCUT2D eigenvalue weighted by molar-refractivity contribution is 7.27. The van der Waals surface area contributed by atoms with Crippen LogP contribution in [0.5, 0.6) is 0 Å². The van der Waals surface area contributed by atoms with Gasteiger partial charge >= 0.3 is 0 Å². The lowest BCUT2D eigenvalue weighted by Gasteiger charge is -2.11. The second-order valence-electron chi connectivity index (χ2n) is 11.4. The summed E-state index contributed by atoms with van der Waals surface area (Å²) in [6.07, 6.45) is 0. The quantitative estimate of drug-likeness (QED) is 0.195. The highest BCUT2D eigenvalue weighted by Gasteiger charge is 2.21.